The first-order valence-electron chi connectivity index (χ1n) is 6.85. The molecule has 3 rings (SSSR count). The Labute approximate surface area is 117 Å². The van der Waals surface area contributed by atoms with Crippen LogP contribution in [0.2, 0.25) is 0 Å². The minimum Gasteiger partial charge on any atom is -0.384 e. The molecule has 1 aliphatic heterocycles. The largest absolute Gasteiger partial charge is 0.384 e. The lowest BCUT2D eigenvalue weighted by molar-refractivity contribution is 0.129. The number of hydrogen-bond acceptors (Lipinski definition) is 4. The standard InChI is InChI=1S/C14H19N3OS/c15-13(16)11-7-9-3-1-5-12(9)17-14(11)19-8-10-4-2-6-18-10/h7,10H,1-6,8H2,(H3,15,16). The van der Waals surface area contributed by atoms with Gasteiger partial charge in [0.25, 0.3) is 0 Å². The number of rotatable bonds is 4. The molecule has 1 aromatic rings. The summed E-state index contributed by atoms with van der Waals surface area (Å²) in [7, 11) is 0. The molecule has 4 nitrogen and oxygen atoms in total. The molecule has 0 radical (unpaired) electrons. The van der Waals surface area contributed by atoms with Crippen molar-refractivity contribution in [2.75, 3.05) is 12.4 Å². The van der Waals surface area contributed by atoms with Gasteiger partial charge in [-0.3, -0.25) is 5.41 Å². The summed E-state index contributed by atoms with van der Waals surface area (Å²) < 4.78 is 5.63. The molecule has 19 heavy (non-hydrogen) atoms. The Balaban J connectivity index is 1.80. The van der Waals surface area contributed by atoms with E-state index in [0.717, 1.165) is 48.6 Å². The summed E-state index contributed by atoms with van der Waals surface area (Å²) >= 11 is 1.68. The molecule has 0 bridgehead atoms. The van der Waals surface area contributed by atoms with Crippen LogP contribution in [0.4, 0.5) is 0 Å². The van der Waals surface area contributed by atoms with Crippen LogP contribution in [0.1, 0.15) is 36.1 Å². The third kappa shape index (κ3) is 2.77. The Hall–Kier alpha value is -1.07. The second-order valence-electron chi connectivity index (χ2n) is 5.16. The molecule has 1 aliphatic carbocycles. The lowest BCUT2D eigenvalue weighted by Gasteiger charge is -2.12. The number of nitrogen functional groups attached to an aromatic ring is 1. The Bertz CT molecular complexity index is 498. The monoisotopic (exact) mass is 277 g/mol. The molecule has 1 atom stereocenters. The third-order valence-corrected chi connectivity index (χ3v) is 4.86. The van der Waals surface area contributed by atoms with Gasteiger partial charge in [-0.25, -0.2) is 4.98 Å². The zero-order chi connectivity index (χ0) is 13.2. The number of ether oxygens (including phenoxy) is 1. The summed E-state index contributed by atoms with van der Waals surface area (Å²) in [5.74, 6) is 1.03. The van der Waals surface area contributed by atoms with Gasteiger partial charge in [0.05, 0.1) is 6.10 Å². The summed E-state index contributed by atoms with van der Waals surface area (Å²) in [6.07, 6.45) is 5.91. The predicted molar refractivity (Wildman–Crippen MR) is 77.0 cm³/mol. The minimum atomic E-state index is 0.122. The van der Waals surface area contributed by atoms with Crippen molar-refractivity contribution in [2.45, 2.75) is 43.2 Å². The van der Waals surface area contributed by atoms with E-state index in [2.05, 4.69) is 6.07 Å². The molecule has 3 N–H and O–H groups in total. The molecule has 102 valence electrons. The molecule has 1 aromatic heterocycles. The van der Waals surface area contributed by atoms with Gasteiger partial charge in [-0.15, -0.1) is 11.8 Å². The van der Waals surface area contributed by atoms with E-state index < -0.39 is 0 Å². The van der Waals surface area contributed by atoms with Crippen molar-refractivity contribution < 1.29 is 4.74 Å². The van der Waals surface area contributed by atoms with Gasteiger partial charge in [0, 0.05) is 23.6 Å². The second kappa shape index (κ2) is 5.51. The number of aromatic nitrogens is 1. The van der Waals surface area contributed by atoms with Crippen LogP contribution in [0.15, 0.2) is 11.1 Å². The highest BCUT2D eigenvalue weighted by molar-refractivity contribution is 7.99. The zero-order valence-corrected chi connectivity index (χ0v) is 11.8. The van der Waals surface area contributed by atoms with Crippen LogP contribution in [0.3, 0.4) is 0 Å². The number of pyridine rings is 1. The molecule has 1 unspecified atom stereocenters. The van der Waals surface area contributed by atoms with Crippen molar-refractivity contribution in [3.63, 3.8) is 0 Å². The summed E-state index contributed by atoms with van der Waals surface area (Å²) in [6.45, 7) is 0.877. The molecular formula is C14H19N3OS. The molecule has 0 amide bonds. The fourth-order valence-corrected chi connectivity index (χ4v) is 3.81. The predicted octanol–water partition coefficient (Wildman–Crippen LogP) is 2.13. The SMILES string of the molecule is N=C(N)c1cc2c(nc1SCC1CCCO1)CCC2. The smallest absolute Gasteiger partial charge is 0.125 e. The van der Waals surface area contributed by atoms with Crippen molar-refractivity contribution >= 4 is 17.6 Å². The quantitative estimate of drug-likeness (QED) is 0.502. The van der Waals surface area contributed by atoms with Gasteiger partial charge in [0.15, 0.2) is 0 Å². The van der Waals surface area contributed by atoms with Crippen LogP contribution in [0.5, 0.6) is 0 Å². The number of fused-ring (bicyclic) bond motifs is 1. The van der Waals surface area contributed by atoms with E-state index in [1.54, 1.807) is 11.8 Å². The Morgan fingerprint density at radius 2 is 2.37 bits per heavy atom. The van der Waals surface area contributed by atoms with Crippen LogP contribution < -0.4 is 5.73 Å². The molecule has 2 heterocycles. The maximum Gasteiger partial charge on any atom is 0.125 e. The van der Waals surface area contributed by atoms with E-state index in [9.17, 15) is 0 Å². The molecule has 0 spiro atoms. The average molecular weight is 277 g/mol. The van der Waals surface area contributed by atoms with Gasteiger partial charge in [0.2, 0.25) is 0 Å². The fourth-order valence-electron chi connectivity index (χ4n) is 2.70. The number of nitrogens with two attached hydrogens (primary N) is 1. The lowest BCUT2D eigenvalue weighted by atomic mass is 10.1. The van der Waals surface area contributed by atoms with Gasteiger partial charge in [-0.1, -0.05) is 0 Å². The lowest BCUT2D eigenvalue weighted by Crippen LogP contribution is -2.15. The first kappa shape index (κ1) is 12.9. The van der Waals surface area contributed by atoms with Gasteiger partial charge in [0.1, 0.15) is 10.9 Å². The van der Waals surface area contributed by atoms with Gasteiger partial charge in [-0.05, 0) is 43.7 Å². The van der Waals surface area contributed by atoms with Crippen LogP contribution in [-0.4, -0.2) is 29.3 Å². The van der Waals surface area contributed by atoms with Crippen LogP contribution in [0.25, 0.3) is 0 Å². The number of aryl methyl sites for hydroxylation is 2. The van der Waals surface area contributed by atoms with Crippen molar-refractivity contribution in [2.24, 2.45) is 5.73 Å². The third-order valence-electron chi connectivity index (χ3n) is 3.74. The molecule has 1 fully saturated rings. The maximum absolute atomic E-state index is 7.72. The summed E-state index contributed by atoms with van der Waals surface area (Å²) in [6, 6.07) is 2.06. The minimum absolute atomic E-state index is 0.122. The van der Waals surface area contributed by atoms with E-state index in [1.807, 2.05) is 0 Å². The van der Waals surface area contributed by atoms with Gasteiger partial charge >= 0.3 is 0 Å². The second-order valence-corrected chi connectivity index (χ2v) is 6.17. The van der Waals surface area contributed by atoms with Gasteiger partial charge < -0.3 is 10.5 Å². The molecule has 0 saturated carbocycles. The van der Waals surface area contributed by atoms with Gasteiger partial charge in [-0.2, -0.15) is 0 Å². The zero-order valence-electron chi connectivity index (χ0n) is 10.9. The molecule has 5 heteroatoms. The molecular weight excluding hydrogens is 258 g/mol. The van der Waals surface area contributed by atoms with E-state index in [0.29, 0.717) is 6.10 Å². The van der Waals surface area contributed by atoms with E-state index in [4.69, 9.17) is 20.9 Å². The van der Waals surface area contributed by atoms with E-state index in [-0.39, 0.29) is 5.84 Å². The first-order valence-corrected chi connectivity index (χ1v) is 7.84. The molecule has 1 saturated heterocycles. The topological polar surface area (TPSA) is 72.0 Å². The number of amidine groups is 1. The first-order chi connectivity index (χ1) is 9.24. The number of nitrogens with one attached hydrogen (secondary N) is 1. The van der Waals surface area contributed by atoms with Crippen LogP contribution in [-0.2, 0) is 17.6 Å². The number of hydrogen-bond donors (Lipinski definition) is 2. The van der Waals surface area contributed by atoms with Crippen LogP contribution in [0, 0.1) is 5.41 Å². The summed E-state index contributed by atoms with van der Waals surface area (Å²) in [5, 5.41) is 8.63. The fraction of sp³-hybridized carbons (Fsp3) is 0.571. The molecule has 2 aliphatic rings. The number of nitrogens with zero attached hydrogens (tertiary/aromatic N) is 1. The average Bonchev–Trinajstić information content (AvgIpc) is 3.05. The van der Waals surface area contributed by atoms with Crippen molar-refractivity contribution in [1.29, 1.82) is 5.41 Å². The Kier molecular flexibility index (Phi) is 3.75. The highest BCUT2D eigenvalue weighted by atomic mass is 32.2. The highest BCUT2D eigenvalue weighted by Gasteiger charge is 2.20. The summed E-state index contributed by atoms with van der Waals surface area (Å²) in [4.78, 5) is 4.72. The van der Waals surface area contributed by atoms with Crippen molar-refractivity contribution in [3.05, 3.63) is 22.9 Å². The normalized spacial score (nSPS) is 21.6. The Morgan fingerprint density at radius 3 is 3.11 bits per heavy atom. The van der Waals surface area contributed by atoms with E-state index >= 15 is 0 Å². The maximum atomic E-state index is 7.72. The molecule has 0 aromatic carbocycles. The van der Waals surface area contributed by atoms with Crippen molar-refractivity contribution in [3.8, 4) is 0 Å². The van der Waals surface area contributed by atoms with Crippen LogP contribution >= 0.6 is 11.8 Å². The van der Waals surface area contributed by atoms with Crippen molar-refractivity contribution in [1.82, 2.24) is 4.98 Å². The summed E-state index contributed by atoms with van der Waals surface area (Å²) in [5.41, 5.74) is 8.95. The highest BCUT2D eigenvalue weighted by Crippen LogP contribution is 2.29. The van der Waals surface area contributed by atoms with E-state index in [1.165, 1.54) is 17.7 Å². The number of thioether (sulfide) groups is 1. The Morgan fingerprint density at radius 1 is 1.47 bits per heavy atom.